The number of nitrogens with one attached hydrogen (secondary N) is 10. The molecule has 0 radical (unpaired) electrons. The van der Waals surface area contributed by atoms with Gasteiger partial charge in [-0.1, -0.05) is 55.4 Å². The van der Waals surface area contributed by atoms with E-state index in [1.54, 1.807) is 96.9 Å². The highest BCUT2D eigenvalue weighted by Gasteiger charge is 2.46. The maximum absolute atomic E-state index is 14.3. The van der Waals surface area contributed by atoms with Crippen molar-refractivity contribution in [2.24, 2.45) is 23.7 Å². The zero-order chi connectivity index (χ0) is 63.6. The van der Waals surface area contributed by atoms with Crippen LogP contribution in [-0.2, 0) is 57.3 Å². The molecule has 84 heavy (non-hydrogen) atoms. The van der Waals surface area contributed by atoms with Gasteiger partial charge < -0.3 is 92.5 Å². The Hall–Kier alpha value is -5.94. The summed E-state index contributed by atoms with van der Waals surface area (Å²) in [6.07, 6.45) is -14.0. The number of alkyl carbamates (subject to hydrolysis) is 2. The number of amides is 10. The Kier molecular flexibility index (Phi) is 28.5. The Balaban J connectivity index is 2.02. The predicted octanol–water partition coefficient (Wildman–Crippen LogP) is -1.09. The summed E-state index contributed by atoms with van der Waals surface area (Å²) < 4.78 is 22.4. The van der Waals surface area contributed by atoms with Crippen molar-refractivity contribution >= 4 is 59.4 Å². The van der Waals surface area contributed by atoms with Crippen molar-refractivity contribution in [1.82, 2.24) is 53.2 Å². The standard InChI is InChI=1S/C56H98N10O18/c1-27(2)21-33-47(73)59-25-37-45(71)43(69)35(81-37)23-39(67)66-42(30(7)8)52(78)62-32(18-16-20-58-54(80)84-56(12,13)14)50(76)64-34(22-28(3)4)48(74)60-26-38-46(72)44(70)36(82-38)24-40(68)65-41(29(5)6)51(77)61-31(49(75)63-33)17-15-19-57-53(79)83-55(9,10)11/h27-38,41-46,69-72H,15-26H2,1-14H3,(H,57,79)(H,58,80)(H,59,73)(H,60,74)(H,61,77)(H,62,78)(H,63,75)(H,64,76)(H,65,68)(H,66,67)/t31-,32-,33-,34+,35+,36+,37-,38-,41-,42+,43+,44+,45-,46-/m1/s1. The van der Waals surface area contributed by atoms with E-state index in [0.29, 0.717) is 0 Å². The minimum atomic E-state index is -1.64. The van der Waals surface area contributed by atoms with E-state index in [1.807, 2.05) is 0 Å². The van der Waals surface area contributed by atoms with Crippen LogP contribution in [0.3, 0.4) is 0 Å². The second-order valence-corrected chi connectivity index (χ2v) is 25.5. The van der Waals surface area contributed by atoms with Crippen molar-refractivity contribution in [3.05, 3.63) is 0 Å². The Morgan fingerprint density at radius 1 is 0.476 bits per heavy atom. The second-order valence-electron chi connectivity index (χ2n) is 25.5. The van der Waals surface area contributed by atoms with Crippen LogP contribution in [0.25, 0.3) is 0 Å². The molecule has 3 heterocycles. The number of aliphatic hydroxyl groups is 4. The van der Waals surface area contributed by atoms with Gasteiger partial charge in [-0.3, -0.25) is 38.4 Å². The number of ether oxygens (including phenoxy) is 4. The monoisotopic (exact) mass is 1200 g/mol. The molecule has 0 aromatic carbocycles. The third kappa shape index (κ3) is 24.6. The van der Waals surface area contributed by atoms with Crippen molar-refractivity contribution in [2.45, 2.75) is 245 Å². The summed E-state index contributed by atoms with van der Waals surface area (Å²) in [5, 5.41) is 70.9. The highest BCUT2D eigenvalue weighted by Crippen LogP contribution is 2.26. The molecular weight excluding hydrogens is 1100 g/mol. The van der Waals surface area contributed by atoms with Gasteiger partial charge in [0.25, 0.3) is 0 Å². The lowest BCUT2D eigenvalue weighted by Gasteiger charge is -2.28. The minimum absolute atomic E-state index is 0.00957. The van der Waals surface area contributed by atoms with Gasteiger partial charge in [0.15, 0.2) is 0 Å². The number of rotatable bonds is 14. The zero-order valence-corrected chi connectivity index (χ0v) is 51.4. The van der Waals surface area contributed by atoms with Gasteiger partial charge in [-0.05, 0) is 104 Å². The first-order valence-electron chi connectivity index (χ1n) is 29.3. The van der Waals surface area contributed by atoms with E-state index in [0.717, 1.165) is 0 Å². The van der Waals surface area contributed by atoms with Crippen LogP contribution < -0.4 is 53.2 Å². The van der Waals surface area contributed by atoms with Gasteiger partial charge in [0.05, 0.1) is 25.0 Å². The first-order chi connectivity index (χ1) is 39.0. The van der Waals surface area contributed by atoms with Gasteiger partial charge in [-0.15, -0.1) is 0 Å². The fourth-order valence-corrected chi connectivity index (χ4v) is 9.51. The van der Waals surface area contributed by atoms with Crippen LogP contribution >= 0.6 is 0 Å². The lowest BCUT2D eigenvalue weighted by atomic mass is 9.99. The molecule has 3 saturated heterocycles. The van der Waals surface area contributed by atoms with Crippen LogP contribution in [0.1, 0.15) is 148 Å². The summed E-state index contributed by atoms with van der Waals surface area (Å²) in [7, 11) is 0. The van der Waals surface area contributed by atoms with E-state index < -0.39 is 193 Å². The van der Waals surface area contributed by atoms with Gasteiger partial charge in [0, 0.05) is 26.2 Å². The number of hydrogen-bond acceptors (Lipinski definition) is 18. The highest BCUT2D eigenvalue weighted by molar-refractivity contribution is 5.95. The lowest BCUT2D eigenvalue weighted by Crippen LogP contribution is -2.58. The normalized spacial score (nSPS) is 29.9. The van der Waals surface area contributed by atoms with Crippen LogP contribution in [0.2, 0.25) is 0 Å². The van der Waals surface area contributed by atoms with E-state index in [9.17, 15) is 68.4 Å². The van der Waals surface area contributed by atoms with Gasteiger partial charge in [-0.25, -0.2) is 9.59 Å². The maximum atomic E-state index is 14.3. The summed E-state index contributed by atoms with van der Waals surface area (Å²) in [5.74, 6) is -7.79. The molecule has 3 aliphatic rings. The molecule has 3 fully saturated rings. The number of fused-ring (bicyclic) bond motifs is 4. The van der Waals surface area contributed by atoms with E-state index in [4.69, 9.17) is 18.9 Å². The van der Waals surface area contributed by atoms with Gasteiger partial charge in [0.2, 0.25) is 47.3 Å². The molecule has 28 heteroatoms. The summed E-state index contributed by atoms with van der Waals surface area (Å²) >= 11 is 0. The maximum Gasteiger partial charge on any atom is 0.407 e. The molecule has 14 N–H and O–H groups in total. The van der Waals surface area contributed by atoms with Gasteiger partial charge in [0.1, 0.15) is 84.1 Å². The molecule has 480 valence electrons. The first kappa shape index (κ1) is 72.3. The van der Waals surface area contributed by atoms with Crippen molar-refractivity contribution in [3.8, 4) is 0 Å². The van der Waals surface area contributed by atoms with Crippen molar-refractivity contribution in [1.29, 1.82) is 0 Å². The summed E-state index contributed by atoms with van der Waals surface area (Å²) in [5.41, 5.74) is -1.60. The fourth-order valence-electron chi connectivity index (χ4n) is 9.51. The minimum Gasteiger partial charge on any atom is -0.444 e. The van der Waals surface area contributed by atoms with Crippen LogP contribution in [-0.4, -0.2) is 202 Å². The third-order valence-corrected chi connectivity index (χ3v) is 13.8. The van der Waals surface area contributed by atoms with Gasteiger partial charge in [-0.2, -0.15) is 0 Å². The fraction of sp³-hybridized carbons (Fsp3) is 0.821. The molecule has 14 atom stereocenters. The average molecular weight is 1200 g/mol. The van der Waals surface area contributed by atoms with E-state index in [1.165, 1.54) is 0 Å². The molecule has 0 aliphatic carbocycles. The number of aliphatic hydroxyl groups excluding tert-OH is 4. The molecule has 0 aromatic heterocycles. The van der Waals surface area contributed by atoms with Crippen molar-refractivity contribution in [2.75, 3.05) is 26.2 Å². The molecule has 0 aromatic rings. The molecule has 28 nitrogen and oxygen atoms in total. The second kappa shape index (κ2) is 33.1. The lowest BCUT2D eigenvalue weighted by molar-refractivity contribution is -0.135. The third-order valence-electron chi connectivity index (χ3n) is 13.8. The Bertz CT molecular complexity index is 2090. The zero-order valence-electron chi connectivity index (χ0n) is 51.4. The molecule has 0 spiro atoms. The first-order valence-corrected chi connectivity index (χ1v) is 29.3. The topological polar surface area (TPSA) is 409 Å². The van der Waals surface area contributed by atoms with E-state index in [-0.39, 0.29) is 63.5 Å². The molecular formula is C56H98N10O18. The van der Waals surface area contributed by atoms with Crippen LogP contribution in [0.4, 0.5) is 9.59 Å². The van der Waals surface area contributed by atoms with Crippen molar-refractivity contribution in [3.63, 3.8) is 0 Å². The van der Waals surface area contributed by atoms with Crippen LogP contribution in [0.5, 0.6) is 0 Å². The number of carbonyl (C=O) groups excluding carboxylic acids is 10. The average Bonchev–Trinajstić information content (AvgIpc) is 3.89. The molecule has 4 bridgehead atoms. The molecule has 3 aliphatic heterocycles. The van der Waals surface area contributed by atoms with Crippen LogP contribution in [0.15, 0.2) is 0 Å². The Morgan fingerprint density at radius 3 is 1.08 bits per heavy atom. The SMILES string of the molecule is CC(C)C[C@@H]1NC(=O)[C@@H](CCCNC(=O)OC(C)(C)C)NC(=O)[C@H](C(C)C)NC(=O)C[C@@H]2O[C@H](CNC(=O)[C@@H](CC(C)C)NC(=O)[C@@H](CCCNC(=O)OC(C)(C)C)NC(=O)[C@@H](C(C)C)NC(=O)C[C@@H]3O[C@H](CNC1=O)[C@@H](O)[C@H]3O)[C@@H](O)[C@H]2O. The Labute approximate surface area is 493 Å². The highest BCUT2D eigenvalue weighted by atomic mass is 16.6. The van der Waals surface area contributed by atoms with Crippen LogP contribution in [0, 0.1) is 23.7 Å². The molecule has 0 saturated carbocycles. The van der Waals surface area contributed by atoms with E-state index in [2.05, 4.69) is 53.2 Å². The van der Waals surface area contributed by atoms with Gasteiger partial charge >= 0.3 is 12.2 Å². The van der Waals surface area contributed by atoms with Crippen molar-refractivity contribution < 1.29 is 87.3 Å². The summed E-state index contributed by atoms with van der Waals surface area (Å²) in [6.45, 7) is 23.0. The quantitative estimate of drug-likeness (QED) is 0.0920. The summed E-state index contributed by atoms with van der Waals surface area (Å²) in [6, 6.07) is -7.74. The molecule has 3 rings (SSSR count). The summed E-state index contributed by atoms with van der Waals surface area (Å²) in [4.78, 5) is 137. The number of carbonyl (C=O) groups is 10. The van der Waals surface area contributed by atoms with E-state index >= 15 is 0 Å². The molecule has 0 unspecified atom stereocenters. The predicted molar refractivity (Wildman–Crippen MR) is 304 cm³/mol. The largest absolute Gasteiger partial charge is 0.444 e. The number of hydrogen-bond donors (Lipinski definition) is 14. The Morgan fingerprint density at radius 2 is 0.786 bits per heavy atom. The molecule has 10 amide bonds. The smallest absolute Gasteiger partial charge is 0.407 e.